The molecule has 0 saturated heterocycles. The number of amides is 1. The lowest BCUT2D eigenvalue weighted by Gasteiger charge is -2.24. The van der Waals surface area contributed by atoms with Crippen LogP contribution in [0.1, 0.15) is 21.8 Å². The van der Waals surface area contributed by atoms with Gasteiger partial charge in [0.1, 0.15) is 22.5 Å². The van der Waals surface area contributed by atoms with Gasteiger partial charge in [0.25, 0.3) is 5.91 Å². The molecule has 2 aliphatic rings. The monoisotopic (exact) mass is 533 g/mol. The number of anilines is 1. The Labute approximate surface area is 190 Å². The molecule has 2 aromatic heterocycles. The number of aromatic nitrogens is 3. The Balaban J connectivity index is 1.35. The highest BCUT2D eigenvalue weighted by molar-refractivity contribution is 14.1. The fourth-order valence-corrected chi connectivity index (χ4v) is 5.13. The van der Waals surface area contributed by atoms with Gasteiger partial charge in [0.15, 0.2) is 5.01 Å². The van der Waals surface area contributed by atoms with E-state index in [1.54, 1.807) is 6.20 Å². The maximum Gasteiger partial charge on any atom is 0.280 e. The van der Waals surface area contributed by atoms with E-state index >= 15 is 0 Å². The fourth-order valence-electron chi connectivity index (χ4n) is 3.72. The molecule has 0 unspecified atom stereocenters. The summed E-state index contributed by atoms with van der Waals surface area (Å²) >= 11 is 3.70. The highest BCUT2D eigenvalue weighted by Gasteiger charge is 2.25. The predicted octanol–water partition coefficient (Wildman–Crippen LogP) is 1.07. The van der Waals surface area contributed by atoms with Gasteiger partial charge in [-0.25, -0.2) is 4.98 Å². The van der Waals surface area contributed by atoms with Crippen molar-refractivity contribution in [1.82, 2.24) is 25.4 Å². The third-order valence-electron chi connectivity index (χ3n) is 5.11. The van der Waals surface area contributed by atoms with Crippen LogP contribution in [-0.2, 0) is 13.0 Å². The number of rotatable bonds is 6. The summed E-state index contributed by atoms with van der Waals surface area (Å²) in [6, 6.07) is 8.40. The number of fused-ring (bicyclic) bond motifs is 2. The summed E-state index contributed by atoms with van der Waals surface area (Å²) in [7, 11) is 0. The minimum Gasteiger partial charge on any atom is -0.350 e. The standard InChI is InChI=1S/C20H20IN7OS/c21-14-3-4-15-13(11-14)5-10-28(15)17-16-19(24-12-23-17)30-20(26-16)18(29)22-6-1-8-27-9-2-7-25-27/h2-4,7,9,11,23H,1,5-6,8,10,12H2,(H,22,29). The van der Waals surface area contributed by atoms with Gasteiger partial charge in [-0.1, -0.05) is 11.3 Å². The van der Waals surface area contributed by atoms with E-state index in [1.807, 2.05) is 16.9 Å². The largest absolute Gasteiger partial charge is 0.350 e. The van der Waals surface area contributed by atoms with Crippen LogP contribution in [0, 0.1) is 3.57 Å². The normalized spacial score (nSPS) is 14.7. The van der Waals surface area contributed by atoms with E-state index in [2.05, 4.69) is 71.4 Å². The van der Waals surface area contributed by atoms with E-state index in [9.17, 15) is 4.79 Å². The van der Waals surface area contributed by atoms with Crippen molar-refractivity contribution in [1.29, 1.82) is 0 Å². The first kappa shape index (κ1) is 19.5. The molecule has 154 valence electrons. The number of hydrogen-bond donors (Lipinski definition) is 2. The van der Waals surface area contributed by atoms with Gasteiger partial charge >= 0.3 is 0 Å². The van der Waals surface area contributed by atoms with E-state index in [-0.39, 0.29) is 5.91 Å². The van der Waals surface area contributed by atoms with E-state index in [1.165, 1.54) is 26.2 Å². The molecule has 1 amide bonds. The number of thiazole rings is 1. The Bertz CT molecular complexity index is 1200. The Hall–Kier alpha value is -2.47. The maximum atomic E-state index is 12.6. The first-order valence-corrected chi connectivity index (χ1v) is 11.7. The summed E-state index contributed by atoms with van der Waals surface area (Å²) in [5, 5.41) is 11.7. The lowest BCUT2D eigenvalue weighted by atomic mass is 10.2. The zero-order valence-electron chi connectivity index (χ0n) is 16.1. The average molecular weight is 533 g/mol. The Morgan fingerprint density at radius 1 is 1.37 bits per heavy atom. The number of nitrogens with one attached hydrogen (secondary N) is 2. The Morgan fingerprint density at radius 3 is 3.17 bits per heavy atom. The molecular weight excluding hydrogens is 513 g/mol. The number of hydrogen-bond acceptors (Lipinski definition) is 7. The number of aryl methyl sites for hydroxylation is 1. The SMILES string of the molecule is O=C(NCCCn1cccn1)c1nc2c(s1)=NCNC=2N1CCc2cc(I)ccc21. The summed E-state index contributed by atoms with van der Waals surface area (Å²) in [4.78, 5) is 24.0. The van der Waals surface area contributed by atoms with Gasteiger partial charge in [0.2, 0.25) is 0 Å². The first-order chi connectivity index (χ1) is 14.7. The molecule has 1 aromatic carbocycles. The molecule has 30 heavy (non-hydrogen) atoms. The second-order valence-electron chi connectivity index (χ2n) is 7.07. The third-order valence-corrected chi connectivity index (χ3v) is 6.77. The fraction of sp³-hybridized carbons (Fsp3) is 0.300. The molecule has 0 atom stereocenters. The van der Waals surface area contributed by atoms with E-state index in [0.717, 1.165) is 41.8 Å². The molecule has 0 bridgehead atoms. The van der Waals surface area contributed by atoms with Crippen LogP contribution in [0.4, 0.5) is 5.69 Å². The van der Waals surface area contributed by atoms with Crippen LogP contribution in [0.15, 0.2) is 41.7 Å². The van der Waals surface area contributed by atoms with Crippen LogP contribution < -0.4 is 25.6 Å². The van der Waals surface area contributed by atoms with Crippen LogP contribution in [0.3, 0.4) is 0 Å². The number of carbonyl (C=O) groups excluding carboxylic acids is 1. The molecule has 2 N–H and O–H groups in total. The van der Waals surface area contributed by atoms with Crippen LogP contribution in [0.5, 0.6) is 0 Å². The van der Waals surface area contributed by atoms with Crippen molar-refractivity contribution < 1.29 is 4.79 Å². The summed E-state index contributed by atoms with van der Waals surface area (Å²) in [5.41, 5.74) is 2.54. The lowest BCUT2D eigenvalue weighted by molar-refractivity contribution is 0.0952. The number of nitrogens with zero attached hydrogens (tertiary/aromatic N) is 5. The summed E-state index contributed by atoms with van der Waals surface area (Å²) < 4.78 is 3.91. The van der Waals surface area contributed by atoms with Gasteiger partial charge in [0.05, 0.1) is 0 Å². The minimum atomic E-state index is -0.152. The van der Waals surface area contributed by atoms with Crippen LogP contribution in [0.25, 0.3) is 5.82 Å². The van der Waals surface area contributed by atoms with Crippen molar-refractivity contribution in [2.75, 3.05) is 24.7 Å². The average Bonchev–Trinajstić information content (AvgIpc) is 3.49. The third kappa shape index (κ3) is 3.81. The van der Waals surface area contributed by atoms with Crippen LogP contribution in [0.2, 0.25) is 0 Å². The Morgan fingerprint density at radius 2 is 2.30 bits per heavy atom. The van der Waals surface area contributed by atoms with Crippen molar-refractivity contribution in [3.05, 3.63) is 60.8 Å². The van der Waals surface area contributed by atoms with Crippen LogP contribution in [-0.4, -0.2) is 40.4 Å². The second kappa shape index (κ2) is 8.34. The zero-order chi connectivity index (χ0) is 20.5. The number of carbonyl (C=O) groups is 1. The van der Waals surface area contributed by atoms with E-state index in [4.69, 9.17) is 0 Å². The Kier molecular flexibility index (Phi) is 5.42. The van der Waals surface area contributed by atoms with Crippen molar-refractivity contribution in [2.45, 2.75) is 19.4 Å². The van der Waals surface area contributed by atoms with Crippen molar-refractivity contribution >= 4 is 51.3 Å². The second-order valence-corrected chi connectivity index (χ2v) is 9.29. The molecule has 0 fully saturated rings. The molecule has 3 aromatic rings. The molecule has 0 saturated carbocycles. The quantitative estimate of drug-likeness (QED) is 0.366. The summed E-state index contributed by atoms with van der Waals surface area (Å²) in [6.45, 7) is 2.73. The molecule has 5 rings (SSSR count). The molecule has 0 spiro atoms. The molecule has 4 heterocycles. The van der Waals surface area contributed by atoms with Gasteiger partial charge in [0, 0.05) is 41.3 Å². The number of halogens is 1. The lowest BCUT2D eigenvalue weighted by Crippen LogP contribution is -2.44. The van der Waals surface area contributed by atoms with Crippen molar-refractivity contribution in [3.63, 3.8) is 0 Å². The van der Waals surface area contributed by atoms with Gasteiger partial charge in [-0.2, -0.15) is 5.10 Å². The van der Waals surface area contributed by atoms with E-state index in [0.29, 0.717) is 18.2 Å². The summed E-state index contributed by atoms with van der Waals surface area (Å²) in [5.74, 6) is 0.787. The molecule has 10 heteroatoms. The molecule has 0 aliphatic carbocycles. The topological polar surface area (TPSA) is 87.4 Å². The maximum absolute atomic E-state index is 12.6. The van der Waals surface area contributed by atoms with E-state index < -0.39 is 0 Å². The zero-order valence-corrected chi connectivity index (χ0v) is 19.1. The van der Waals surface area contributed by atoms with Crippen LogP contribution >= 0.6 is 33.9 Å². The highest BCUT2D eigenvalue weighted by atomic mass is 127. The first-order valence-electron chi connectivity index (χ1n) is 9.80. The minimum absolute atomic E-state index is 0.152. The van der Waals surface area contributed by atoms with Crippen molar-refractivity contribution in [2.24, 2.45) is 4.99 Å². The predicted molar refractivity (Wildman–Crippen MR) is 124 cm³/mol. The molecular formula is C20H20IN7OS. The van der Waals surface area contributed by atoms with Gasteiger partial charge in [-0.15, -0.1) is 0 Å². The molecule has 8 nitrogen and oxygen atoms in total. The van der Waals surface area contributed by atoms with Gasteiger partial charge < -0.3 is 15.5 Å². The smallest absolute Gasteiger partial charge is 0.280 e. The number of benzene rings is 1. The van der Waals surface area contributed by atoms with Gasteiger partial charge in [-0.3, -0.25) is 14.5 Å². The molecule has 0 radical (unpaired) electrons. The summed E-state index contributed by atoms with van der Waals surface area (Å²) in [6.07, 6.45) is 5.48. The molecule has 2 aliphatic heterocycles. The van der Waals surface area contributed by atoms with Crippen molar-refractivity contribution in [3.8, 4) is 0 Å². The highest BCUT2D eigenvalue weighted by Crippen LogP contribution is 2.31. The van der Waals surface area contributed by atoms with Gasteiger partial charge in [-0.05, 0) is 65.3 Å².